The topological polar surface area (TPSA) is 65.0 Å². The third-order valence-corrected chi connectivity index (χ3v) is 4.62. The van der Waals surface area contributed by atoms with Gasteiger partial charge in [0, 0.05) is 10.9 Å². The molecule has 3 aromatic rings. The van der Waals surface area contributed by atoms with Crippen molar-refractivity contribution in [2.75, 3.05) is 19.1 Å². The van der Waals surface area contributed by atoms with Crippen molar-refractivity contribution in [3.8, 4) is 28.5 Å². The van der Waals surface area contributed by atoms with E-state index >= 15 is 0 Å². The number of hydrogen-bond donors (Lipinski definition) is 1. The number of hydrogen-bond acceptors (Lipinski definition) is 7. The van der Waals surface area contributed by atoms with E-state index in [4.69, 9.17) is 14.2 Å². The van der Waals surface area contributed by atoms with E-state index in [1.807, 2.05) is 68.6 Å². The van der Waals surface area contributed by atoms with E-state index in [9.17, 15) is 0 Å². The van der Waals surface area contributed by atoms with Gasteiger partial charge >= 0.3 is 0 Å². The summed E-state index contributed by atoms with van der Waals surface area (Å²) >= 11 is 1.49. The van der Waals surface area contributed by atoms with Crippen LogP contribution in [-0.4, -0.2) is 31.0 Å². The predicted octanol–water partition coefficient (Wildman–Crippen LogP) is 5.45. The van der Waals surface area contributed by atoms with Crippen molar-refractivity contribution in [2.45, 2.75) is 26.9 Å². The first-order valence-corrected chi connectivity index (χ1v) is 10.3. The number of ether oxygens (including phenoxy) is 3. The molecule has 0 aliphatic carbocycles. The average Bonchev–Trinajstić information content (AvgIpc) is 3.19. The quantitative estimate of drug-likeness (QED) is 0.375. The second-order valence-corrected chi connectivity index (χ2v) is 7.30. The lowest BCUT2D eigenvalue weighted by Gasteiger charge is -2.14. The Kier molecular flexibility index (Phi) is 7.08. The molecule has 0 aliphatic heterocycles. The van der Waals surface area contributed by atoms with Gasteiger partial charge in [-0.25, -0.2) is 4.98 Å². The van der Waals surface area contributed by atoms with E-state index in [0.29, 0.717) is 17.5 Å². The summed E-state index contributed by atoms with van der Waals surface area (Å²) in [5, 5.41) is 6.99. The molecule has 0 radical (unpaired) electrons. The van der Waals surface area contributed by atoms with E-state index in [1.165, 1.54) is 11.3 Å². The van der Waals surface area contributed by atoms with Crippen LogP contribution < -0.4 is 19.6 Å². The van der Waals surface area contributed by atoms with E-state index in [-0.39, 0.29) is 6.10 Å². The first-order chi connectivity index (χ1) is 14.1. The Bertz CT molecular complexity index is 969. The zero-order chi connectivity index (χ0) is 20.6. The number of aromatic nitrogens is 1. The van der Waals surface area contributed by atoms with Crippen molar-refractivity contribution in [3.63, 3.8) is 0 Å². The minimum Gasteiger partial charge on any atom is -0.497 e. The van der Waals surface area contributed by atoms with Crippen molar-refractivity contribution in [1.29, 1.82) is 0 Å². The zero-order valence-electron chi connectivity index (χ0n) is 17.0. The second kappa shape index (κ2) is 9.93. The normalized spacial score (nSPS) is 11.1. The molecule has 6 nitrogen and oxygen atoms in total. The fourth-order valence-corrected chi connectivity index (χ4v) is 3.30. The maximum Gasteiger partial charge on any atom is 0.203 e. The van der Waals surface area contributed by atoms with Gasteiger partial charge < -0.3 is 14.2 Å². The van der Waals surface area contributed by atoms with Gasteiger partial charge in [0.2, 0.25) is 5.13 Å². The Balaban J connectivity index is 1.68. The van der Waals surface area contributed by atoms with Crippen LogP contribution in [0.2, 0.25) is 0 Å². The highest BCUT2D eigenvalue weighted by Crippen LogP contribution is 2.29. The van der Waals surface area contributed by atoms with Crippen LogP contribution in [0.4, 0.5) is 5.13 Å². The number of benzene rings is 2. The van der Waals surface area contributed by atoms with Gasteiger partial charge in [0.05, 0.1) is 31.7 Å². The molecule has 0 atom stereocenters. The van der Waals surface area contributed by atoms with Crippen LogP contribution in [0.1, 0.15) is 26.3 Å². The van der Waals surface area contributed by atoms with Crippen molar-refractivity contribution >= 4 is 22.7 Å². The molecule has 7 heteroatoms. The Morgan fingerprint density at radius 1 is 1.17 bits per heavy atom. The summed E-state index contributed by atoms with van der Waals surface area (Å²) in [6.07, 6.45) is 1.81. The molecule has 1 N–H and O–H groups in total. The van der Waals surface area contributed by atoms with Gasteiger partial charge in [-0.05, 0) is 56.7 Å². The number of anilines is 1. The third kappa shape index (κ3) is 5.71. The molecular formula is C22H25N3O3S. The first-order valence-electron chi connectivity index (χ1n) is 9.41. The molecule has 0 spiro atoms. The standard InChI is InChI=1S/C22H25N3O3S/c1-5-27-21-11-16(9-10-20(21)28-15(2)3)13-23-25-22-24-19(14-29-22)17-7-6-8-18(12-17)26-4/h6-15H,5H2,1-4H3,(H,24,25)/b23-13-. The van der Waals surface area contributed by atoms with Gasteiger partial charge in [-0.3, -0.25) is 5.43 Å². The number of hydrazone groups is 1. The third-order valence-electron chi connectivity index (χ3n) is 3.87. The van der Waals surface area contributed by atoms with E-state index in [0.717, 1.165) is 28.3 Å². The number of rotatable bonds is 9. The van der Waals surface area contributed by atoms with Crippen molar-refractivity contribution in [2.24, 2.45) is 5.10 Å². The van der Waals surface area contributed by atoms with Crippen LogP contribution in [0.3, 0.4) is 0 Å². The lowest BCUT2D eigenvalue weighted by Crippen LogP contribution is -2.07. The molecule has 0 amide bonds. The van der Waals surface area contributed by atoms with Crippen LogP contribution in [0.15, 0.2) is 52.9 Å². The number of thiazole rings is 1. The largest absolute Gasteiger partial charge is 0.497 e. The van der Waals surface area contributed by atoms with E-state index in [2.05, 4.69) is 15.5 Å². The summed E-state index contributed by atoms with van der Waals surface area (Å²) in [4.78, 5) is 4.57. The molecule has 29 heavy (non-hydrogen) atoms. The van der Waals surface area contributed by atoms with Gasteiger partial charge in [-0.1, -0.05) is 12.1 Å². The summed E-state index contributed by atoms with van der Waals surface area (Å²) < 4.78 is 16.7. The van der Waals surface area contributed by atoms with Gasteiger partial charge in [0.1, 0.15) is 5.75 Å². The Hall–Kier alpha value is -3.06. The molecule has 1 heterocycles. The maximum absolute atomic E-state index is 5.79. The van der Waals surface area contributed by atoms with Gasteiger partial charge in [-0.2, -0.15) is 5.10 Å². The minimum absolute atomic E-state index is 0.0825. The highest BCUT2D eigenvalue weighted by molar-refractivity contribution is 7.14. The predicted molar refractivity (Wildman–Crippen MR) is 119 cm³/mol. The number of nitrogens with one attached hydrogen (secondary N) is 1. The lowest BCUT2D eigenvalue weighted by molar-refractivity contribution is 0.224. The number of nitrogens with zero attached hydrogens (tertiary/aromatic N) is 2. The fourth-order valence-electron chi connectivity index (χ4n) is 2.63. The van der Waals surface area contributed by atoms with Crippen molar-refractivity contribution in [1.82, 2.24) is 4.98 Å². The SMILES string of the molecule is CCOc1cc(/C=N\Nc2nc(-c3cccc(OC)c3)cs2)ccc1OC(C)C. The maximum atomic E-state index is 5.79. The molecule has 152 valence electrons. The summed E-state index contributed by atoms with van der Waals surface area (Å²) in [7, 11) is 1.65. The molecule has 1 aromatic heterocycles. The van der Waals surface area contributed by atoms with Crippen LogP contribution >= 0.6 is 11.3 Å². The monoisotopic (exact) mass is 411 g/mol. The summed E-state index contributed by atoms with van der Waals surface area (Å²) in [5.74, 6) is 2.24. The van der Waals surface area contributed by atoms with Gasteiger partial charge in [0.25, 0.3) is 0 Å². The van der Waals surface area contributed by atoms with Crippen molar-refractivity contribution < 1.29 is 14.2 Å². The minimum atomic E-state index is 0.0825. The van der Waals surface area contributed by atoms with Crippen LogP contribution in [0.25, 0.3) is 11.3 Å². The zero-order valence-corrected chi connectivity index (χ0v) is 17.8. The first kappa shape index (κ1) is 20.7. The molecule has 0 unspecified atom stereocenters. The molecule has 0 bridgehead atoms. The highest BCUT2D eigenvalue weighted by atomic mass is 32.1. The molecule has 0 aliphatic rings. The molecule has 0 fully saturated rings. The van der Waals surface area contributed by atoms with Gasteiger partial charge in [0.15, 0.2) is 11.5 Å². The molecule has 0 saturated heterocycles. The lowest BCUT2D eigenvalue weighted by atomic mass is 10.2. The summed E-state index contributed by atoms with van der Waals surface area (Å²) in [6.45, 7) is 6.49. The van der Waals surface area contributed by atoms with E-state index < -0.39 is 0 Å². The molecule has 2 aromatic carbocycles. The van der Waals surface area contributed by atoms with Crippen LogP contribution in [0.5, 0.6) is 17.2 Å². The Morgan fingerprint density at radius 3 is 2.79 bits per heavy atom. The number of methoxy groups -OCH3 is 1. The summed E-state index contributed by atoms with van der Waals surface area (Å²) in [6, 6.07) is 13.6. The molecule has 0 saturated carbocycles. The molecular weight excluding hydrogens is 386 g/mol. The fraction of sp³-hybridized carbons (Fsp3) is 0.273. The summed E-state index contributed by atoms with van der Waals surface area (Å²) in [5.41, 5.74) is 5.76. The smallest absolute Gasteiger partial charge is 0.203 e. The second-order valence-electron chi connectivity index (χ2n) is 6.45. The molecule has 3 rings (SSSR count). The van der Waals surface area contributed by atoms with Crippen LogP contribution in [-0.2, 0) is 0 Å². The highest BCUT2D eigenvalue weighted by Gasteiger charge is 2.08. The van der Waals surface area contributed by atoms with Crippen LogP contribution in [0, 0.1) is 0 Å². The average molecular weight is 412 g/mol. The van der Waals surface area contributed by atoms with E-state index in [1.54, 1.807) is 13.3 Å². The Labute approximate surface area is 175 Å². The van der Waals surface area contributed by atoms with Crippen molar-refractivity contribution in [3.05, 3.63) is 53.4 Å². The Morgan fingerprint density at radius 2 is 2.03 bits per heavy atom. The van der Waals surface area contributed by atoms with Gasteiger partial charge in [-0.15, -0.1) is 11.3 Å².